The Bertz CT molecular complexity index is 543. The number of fused-ring (bicyclic) bond motifs is 2. The number of rotatable bonds is 0. The Kier molecular flexibility index (Phi) is 2.48. The average Bonchev–Trinajstić information content (AvgIpc) is 2.22. The van der Waals surface area contributed by atoms with Gasteiger partial charge in [0.25, 0.3) is 0 Å². The van der Waals surface area contributed by atoms with E-state index in [0.717, 1.165) is 0 Å². The molecule has 0 saturated carbocycles. The number of carbonyl (C=O) groups is 2. The summed E-state index contributed by atoms with van der Waals surface area (Å²) in [5.74, 6) is 9.54. The second kappa shape index (κ2) is 3.81. The molecule has 78 valence electrons. The molecule has 2 bridgehead atoms. The maximum absolute atomic E-state index is 11.8. The van der Waals surface area contributed by atoms with Gasteiger partial charge in [0.1, 0.15) is 0 Å². The van der Waals surface area contributed by atoms with E-state index in [9.17, 15) is 14.7 Å². The maximum Gasteiger partial charge on any atom is 0.204 e. The molecular formula is C13H8O3. The molecule has 0 amide bonds. The zero-order valence-electron chi connectivity index (χ0n) is 8.41. The zero-order chi connectivity index (χ0) is 11.6. The van der Waals surface area contributed by atoms with Gasteiger partial charge in [-0.3, -0.25) is 9.59 Å². The van der Waals surface area contributed by atoms with Gasteiger partial charge in [-0.25, -0.2) is 0 Å². The summed E-state index contributed by atoms with van der Waals surface area (Å²) >= 11 is 0. The highest BCUT2D eigenvalue weighted by molar-refractivity contribution is 6.14. The molecule has 16 heavy (non-hydrogen) atoms. The summed E-state index contributed by atoms with van der Waals surface area (Å²) in [5.41, 5.74) is -1.64. The van der Waals surface area contributed by atoms with E-state index in [1.807, 2.05) is 0 Å². The number of hydrogen-bond acceptors (Lipinski definition) is 3. The number of Topliss-reactive ketones (excluding diaryl/α,β-unsaturated/α-hetero) is 1. The second-order valence-electron chi connectivity index (χ2n) is 3.60. The van der Waals surface area contributed by atoms with Gasteiger partial charge in [-0.05, 0) is 18.2 Å². The minimum Gasteiger partial charge on any atom is -0.370 e. The van der Waals surface area contributed by atoms with E-state index in [0.29, 0.717) is 0 Å². The van der Waals surface area contributed by atoms with Gasteiger partial charge in [0.15, 0.2) is 11.4 Å². The van der Waals surface area contributed by atoms with Crippen LogP contribution >= 0.6 is 0 Å². The first-order valence-electron chi connectivity index (χ1n) is 4.78. The first-order chi connectivity index (χ1) is 7.62. The number of ketones is 2. The first kappa shape index (κ1) is 10.4. The summed E-state index contributed by atoms with van der Waals surface area (Å²) in [6.07, 6.45) is 4.14. The Morgan fingerprint density at radius 1 is 1.25 bits per heavy atom. The molecule has 1 atom stereocenters. The van der Waals surface area contributed by atoms with Crippen LogP contribution in [0.15, 0.2) is 23.8 Å². The van der Waals surface area contributed by atoms with Gasteiger partial charge in [-0.1, -0.05) is 23.7 Å². The van der Waals surface area contributed by atoms with E-state index in [2.05, 4.69) is 23.7 Å². The van der Waals surface area contributed by atoms with Crippen molar-refractivity contribution in [1.29, 1.82) is 0 Å². The molecule has 0 aromatic carbocycles. The molecule has 0 saturated heterocycles. The van der Waals surface area contributed by atoms with Gasteiger partial charge < -0.3 is 5.11 Å². The molecule has 0 aromatic rings. The van der Waals surface area contributed by atoms with Crippen LogP contribution in [0, 0.1) is 23.7 Å². The molecule has 0 aliphatic heterocycles. The zero-order valence-corrected chi connectivity index (χ0v) is 8.41. The van der Waals surface area contributed by atoms with E-state index in [4.69, 9.17) is 0 Å². The van der Waals surface area contributed by atoms with Crippen molar-refractivity contribution in [3.63, 3.8) is 0 Å². The van der Waals surface area contributed by atoms with E-state index >= 15 is 0 Å². The SMILES string of the molecule is O=C1C=C2CC#C/C=C\C#CC(O)(C1)C2=O. The van der Waals surface area contributed by atoms with Gasteiger partial charge >= 0.3 is 0 Å². The van der Waals surface area contributed by atoms with Crippen molar-refractivity contribution in [3.05, 3.63) is 23.8 Å². The van der Waals surface area contributed by atoms with E-state index in [1.165, 1.54) is 12.2 Å². The minimum absolute atomic E-state index is 0.166. The van der Waals surface area contributed by atoms with Crippen molar-refractivity contribution in [2.75, 3.05) is 0 Å². The summed E-state index contributed by atoms with van der Waals surface area (Å²) < 4.78 is 0. The highest BCUT2D eigenvalue weighted by atomic mass is 16.3. The van der Waals surface area contributed by atoms with Gasteiger partial charge in [-0.15, -0.1) is 0 Å². The second-order valence-corrected chi connectivity index (χ2v) is 3.60. The maximum atomic E-state index is 11.8. The Balaban J connectivity index is 2.55. The molecule has 1 unspecified atom stereocenters. The Morgan fingerprint density at radius 2 is 2.00 bits per heavy atom. The van der Waals surface area contributed by atoms with Crippen molar-refractivity contribution >= 4 is 11.6 Å². The average molecular weight is 212 g/mol. The van der Waals surface area contributed by atoms with Crippen LogP contribution in [0.4, 0.5) is 0 Å². The van der Waals surface area contributed by atoms with Crippen LogP contribution in [0.1, 0.15) is 12.8 Å². The molecular weight excluding hydrogens is 204 g/mol. The molecule has 2 aliphatic rings. The molecule has 3 nitrogen and oxygen atoms in total. The standard InChI is InChI=1S/C13H8O3/c14-11-8-10-6-4-2-1-3-5-7-13(16,9-11)12(10)15/h1,3,8,16H,6,9H2/b3-1-. The highest BCUT2D eigenvalue weighted by Crippen LogP contribution is 2.24. The normalized spacial score (nSPS) is 29.2. The lowest BCUT2D eigenvalue weighted by Gasteiger charge is -2.24. The van der Waals surface area contributed by atoms with Crippen LogP contribution in [0.2, 0.25) is 0 Å². The van der Waals surface area contributed by atoms with Gasteiger partial charge in [0.05, 0.1) is 6.42 Å². The summed E-state index contributed by atoms with van der Waals surface area (Å²) in [4.78, 5) is 23.2. The summed E-state index contributed by atoms with van der Waals surface area (Å²) in [6, 6.07) is 0. The highest BCUT2D eigenvalue weighted by Gasteiger charge is 2.41. The van der Waals surface area contributed by atoms with Crippen molar-refractivity contribution < 1.29 is 14.7 Å². The third-order valence-electron chi connectivity index (χ3n) is 2.34. The van der Waals surface area contributed by atoms with Crippen LogP contribution in [0.3, 0.4) is 0 Å². The first-order valence-corrected chi connectivity index (χ1v) is 4.78. The fraction of sp³-hybridized carbons (Fsp3) is 0.231. The molecule has 1 N–H and O–H groups in total. The monoisotopic (exact) mass is 212 g/mol. The lowest BCUT2D eigenvalue weighted by atomic mass is 9.82. The van der Waals surface area contributed by atoms with Crippen LogP contribution in [-0.2, 0) is 9.59 Å². The molecule has 0 spiro atoms. The third kappa shape index (κ3) is 1.82. The predicted octanol–water partition coefficient (Wildman–Crippen LogP) is 0.152. The molecule has 2 rings (SSSR count). The lowest BCUT2D eigenvalue weighted by Crippen LogP contribution is -2.43. The van der Waals surface area contributed by atoms with Gasteiger partial charge in [0.2, 0.25) is 5.78 Å². The largest absolute Gasteiger partial charge is 0.370 e. The number of aliphatic hydroxyl groups is 1. The number of hydrogen-bond donors (Lipinski definition) is 1. The molecule has 0 radical (unpaired) electrons. The minimum atomic E-state index is -1.87. The Labute approximate surface area is 92.8 Å². The van der Waals surface area contributed by atoms with E-state index in [1.54, 1.807) is 6.08 Å². The summed E-state index contributed by atoms with van der Waals surface area (Å²) in [7, 11) is 0. The Morgan fingerprint density at radius 3 is 2.81 bits per heavy atom. The van der Waals surface area contributed by atoms with E-state index < -0.39 is 11.4 Å². The van der Waals surface area contributed by atoms with Crippen LogP contribution in [0.25, 0.3) is 0 Å². The van der Waals surface area contributed by atoms with Crippen LogP contribution < -0.4 is 0 Å². The van der Waals surface area contributed by atoms with Crippen molar-refractivity contribution in [2.45, 2.75) is 18.4 Å². The van der Waals surface area contributed by atoms with Gasteiger partial charge in [-0.2, -0.15) is 0 Å². The van der Waals surface area contributed by atoms with Crippen LogP contribution in [-0.4, -0.2) is 22.3 Å². The molecule has 3 heteroatoms. The smallest absolute Gasteiger partial charge is 0.204 e. The van der Waals surface area contributed by atoms with E-state index in [-0.39, 0.29) is 24.2 Å². The predicted molar refractivity (Wildman–Crippen MR) is 57.0 cm³/mol. The van der Waals surface area contributed by atoms with Crippen molar-refractivity contribution in [1.82, 2.24) is 0 Å². The third-order valence-corrected chi connectivity index (χ3v) is 2.34. The van der Waals surface area contributed by atoms with Crippen LogP contribution in [0.5, 0.6) is 0 Å². The topological polar surface area (TPSA) is 54.4 Å². The molecule has 0 aromatic heterocycles. The summed E-state index contributed by atoms with van der Waals surface area (Å²) in [5, 5.41) is 10.00. The molecule has 0 fully saturated rings. The van der Waals surface area contributed by atoms with Crippen molar-refractivity contribution in [3.8, 4) is 23.7 Å². The quantitative estimate of drug-likeness (QED) is 0.582. The Hall–Kier alpha value is -2.10. The summed E-state index contributed by atoms with van der Waals surface area (Å²) in [6.45, 7) is 0. The molecule has 2 aliphatic carbocycles. The fourth-order valence-electron chi connectivity index (χ4n) is 1.59. The van der Waals surface area contributed by atoms with Crippen molar-refractivity contribution in [2.24, 2.45) is 0 Å². The van der Waals surface area contributed by atoms with Gasteiger partial charge in [0, 0.05) is 12.0 Å². The fourth-order valence-corrected chi connectivity index (χ4v) is 1.59. The number of allylic oxidation sites excluding steroid dienone is 3. The number of carbonyl (C=O) groups excluding carboxylic acids is 2. The molecule has 0 heterocycles. The lowest BCUT2D eigenvalue weighted by molar-refractivity contribution is -0.134.